The molecule has 122 valence electrons. The van der Waals surface area contributed by atoms with Crippen molar-refractivity contribution >= 4 is 17.1 Å². The van der Waals surface area contributed by atoms with Crippen LogP contribution in [0.1, 0.15) is 37.8 Å². The smallest absolute Gasteiger partial charge is 0.292 e. The molecule has 1 aliphatic rings. The molecular weight excluding hydrogens is 296 g/mol. The fourth-order valence-corrected chi connectivity index (χ4v) is 2.94. The lowest BCUT2D eigenvalue weighted by atomic mass is 10.1. The standard InChI is InChI=1S/C15H20N6O2/c1-9(2)15-19-18-14-6-4-11(8-20(14)15)17-12-7-10(16)3-5-13(12)21(22)23/h3,5,7,9,11,17H,4,6,8,16H2,1-2H3. The van der Waals surface area contributed by atoms with Crippen LogP contribution in [0.3, 0.4) is 0 Å². The van der Waals surface area contributed by atoms with Gasteiger partial charge in [0.1, 0.15) is 17.3 Å². The van der Waals surface area contributed by atoms with Crippen LogP contribution in [-0.2, 0) is 13.0 Å². The Hall–Kier alpha value is -2.64. The second kappa shape index (κ2) is 5.86. The van der Waals surface area contributed by atoms with Crippen molar-refractivity contribution in [2.24, 2.45) is 0 Å². The lowest BCUT2D eigenvalue weighted by Crippen LogP contribution is -2.32. The number of rotatable bonds is 4. The van der Waals surface area contributed by atoms with Gasteiger partial charge in [-0.1, -0.05) is 13.8 Å². The Morgan fingerprint density at radius 3 is 2.91 bits per heavy atom. The number of nitrogens with zero attached hydrogens (tertiary/aromatic N) is 4. The first-order valence-electron chi connectivity index (χ1n) is 7.68. The van der Waals surface area contributed by atoms with E-state index in [0.29, 0.717) is 17.9 Å². The van der Waals surface area contributed by atoms with Gasteiger partial charge in [0.2, 0.25) is 0 Å². The van der Waals surface area contributed by atoms with E-state index in [-0.39, 0.29) is 17.6 Å². The number of aromatic nitrogens is 3. The molecule has 0 amide bonds. The summed E-state index contributed by atoms with van der Waals surface area (Å²) in [5.74, 6) is 2.22. The molecule has 0 aliphatic carbocycles. The predicted molar refractivity (Wildman–Crippen MR) is 87.4 cm³/mol. The molecule has 2 heterocycles. The lowest BCUT2D eigenvalue weighted by Gasteiger charge is -2.26. The first kappa shape index (κ1) is 15.3. The highest BCUT2D eigenvalue weighted by molar-refractivity contribution is 5.67. The maximum Gasteiger partial charge on any atom is 0.292 e. The van der Waals surface area contributed by atoms with E-state index in [1.807, 2.05) is 0 Å². The monoisotopic (exact) mass is 316 g/mol. The third-order valence-electron chi connectivity index (χ3n) is 4.07. The zero-order valence-corrected chi connectivity index (χ0v) is 13.2. The Morgan fingerprint density at radius 1 is 1.43 bits per heavy atom. The van der Waals surface area contributed by atoms with Crippen molar-refractivity contribution in [3.05, 3.63) is 40.0 Å². The van der Waals surface area contributed by atoms with Crippen LogP contribution < -0.4 is 11.1 Å². The number of aryl methyl sites for hydroxylation is 1. The van der Waals surface area contributed by atoms with Crippen LogP contribution in [0, 0.1) is 10.1 Å². The van der Waals surface area contributed by atoms with Gasteiger partial charge in [0.05, 0.1) is 4.92 Å². The molecule has 0 bridgehead atoms. The number of nitrogens with two attached hydrogens (primary N) is 1. The number of nitrogens with one attached hydrogen (secondary N) is 1. The van der Waals surface area contributed by atoms with Gasteiger partial charge in [-0.05, 0) is 18.6 Å². The van der Waals surface area contributed by atoms with Gasteiger partial charge in [0.25, 0.3) is 5.69 Å². The van der Waals surface area contributed by atoms with Crippen molar-refractivity contribution in [2.75, 3.05) is 11.1 Å². The average molecular weight is 316 g/mol. The maximum absolute atomic E-state index is 11.2. The van der Waals surface area contributed by atoms with Crippen LogP contribution in [0.25, 0.3) is 0 Å². The number of nitro benzene ring substituents is 1. The van der Waals surface area contributed by atoms with E-state index in [1.165, 1.54) is 6.07 Å². The molecule has 1 aromatic carbocycles. The Morgan fingerprint density at radius 2 is 2.22 bits per heavy atom. The fraction of sp³-hybridized carbons (Fsp3) is 0.467. The lowest BCUT2D eigenvalue weighted by molar-refractivity contribution is -0.384. The minimum Gasteiger partial charge on any atom is -0.399 e. The summed E-state index contributed by atoms with van der Waals surface area (Å²) in [4.78, 5) is 10.8. The topological polar surface area (TPSA) is 112 Å². The first-order chi connectivity index (χ1) is 11.0. The number of hydrogen-bond acceptors (Lipinski definition) is 6. The van der Waals surface area contributed by atoms with Gasteiger partial charge in [0.15, 0.2) is 0 Å². The molecule has 8 heteroatoms. The number of benzene rings is 1. The van der Waals surface area contributed by atoms with Crippen LogP contribution in [0.2, 0.25) is 0 Å². The Kier molecular flexibility index (Phi) is 3.89. The molecule has 0 radical (unpaired) electrons. The van der Waals surface area contributed by atoms with Gasteiger partial charge in [-0.2, -0.15) is 0 Å². The zero-order valence-electron chi connectivity index (χ0n) is 13.2. The second-order valence-electron chi connectivity index (χ2n) is 6.15. The molecule has 0 spiro atoms. The van der Waals surface area contributed by atoms with Crippen molar-refractivity contribution < 1.29 is 4.92 Å². The van der Waals surface area contributed by atoms with Crippen molar-refractivity contribution in [3.8, 4) is 0 Å². The Labute approximate surface area is 133 Å². The predicted octanol–water partition coefficient (Wildman–Crippen LogP) is 2.32. The quantitative estimate of drug-likeness (QED) is 0.508. The molecule has 0 saturated carbocycles. The van der Waals surface area contributed by atoms with Crippen LogP contribution in [0.5, 0.6) is 0 Å². The summed E-state index contributed by atoms with van der Waals surface area (Å²) in [5.41, 5.74) is 6.77. The highest BCUT2D eigenvalue weighted by Gasteiger charge is 2.25. The third-order valence-corrected chi connectivity index (χ3v) is 4.07. The summed E-state index contributed by atoms with van der Waals surface area (Å²) < 4.78 is 2.12. The van der Waals surface area contributed by atoms with Crippen LogP contribution in [0.4, 0.5) is 17.1 Å². The van der Waals surface area contributed by atoms with E-state index in [2.05, 4.69) is 33.9 Å². The SMILES string of the molecule is CC(C)c1nnc2n1CC(Nc1cc(N)ccc1[N+](=O)[O-])CC2. The maximum atomic E-state index is 11.2. The van der Waals surface area contributed by atoms with Gasteiger partial charge in [-0.25, -0.2) is 0 Å². The minimum absolute atomic E-state index is 0.0397. The highest BCUT2D eigenvalue weighted by Crippen LogP contribution is 2.29. The Balaban J connectivity index is 1.84. The zero-order chi connectivity index (χ0) is 16.6. The molecular formula is C15H20N6O2. The number of nitro groups is 1. The molecule has 1 atom stereocenters. The summed E-state index contributed by atoms with van der Waals surface area (Å²) in [5, 5.41) is 22.9. The summed E-state index contributed by atoms with van der Waals surface area (Å²) in [6.45, 7) is 4.86. The molecule has 1 aliphatic heterocycles. The van der Waals surface area contributed by atoms with E-state index in [1.54, 1.807) is 12.1 Å². The number of nitrogen functional groups attached to an aromatic ring is 1. The summed E-state index contributed by atoms with van der Waals surface area (Å²) in [7, 11) is 0. The largest absolute Gasteiger partial charge is 0.399 e. The highest BCUT2D eigenvalue weighted by atomic mass is 16.6. The van der Waals surface area contributed by atoms with Crippen molar-refractivity contribution in [1.82, 2.24) is 14.8 Å². The van der Waals surface area contributed by atoms with Gasteiger partial charge >= 0.3 is 0 Å². The van der Waals surface area contributed by atoms with Crippen LogP contribution in [-0.4, -0.2) is 25.7 Å². The van der Waals surface area contributed by atoms with Crippen molar-refractivity contribution in [3.63, 3.8) is 0 Å². The molecule has 8 nitrogen and oxygen atoms in total. The van der Waals surface area contributed by atoms with Gasteiger partial charge in [-0.3, -0.25) is 10.1 Å². The van der Waals surface area contributed by atoms with E-state index < -0.39 is 4.92 Å². The first-order valence-corrected chi connectivity index (χ1v) is 7.68. The summed E-state index contributed by atoms with van der Waals surface area (Å²) in [6.07, 6.45) is 1.65. The van der Waals surface area contributed by atoms with Gasteiger partial charge in [-0.15, -0.1) is 10.2 Å². The molecule has 1 unspecified atom stereocenters. The average Bonchev–Trinajstić information content (AvgIpc) is 2.90. The summed E-state index contributed by atoms with van der Waals surface area (Å²) in [6, 6.07) is 4.67. The molecule has 2 aromatic rings. The van der Waals surface area contributed by atoms with Crippen LogP contribution >= 0.6 is 0 Å². The van der Waals surface area contributed by atoms with E-state index in [9.17, 15) is 10.1 Å². The van der Waals surface area contributed by atoms with E-state index >= 15 is 0 Å². The third kappa shape index (κ3) is 2.96. The molecule has 23 heavy (non-hydrogen) atoms. The number of anilines is 2. The molecule has 3 rings (SSSR count). The van der Waals surface area contributed by atoms with Crippen LogP contribution in [0.15, 0.2) is 18.2 Å². The van der Waals surface area contributed by atoms with Gasteiger partial charge in [0, 0.05) is 36.7 Å². The van der Waals surface area contributed by atoms with E-state index in [0.717, 1.165) is 24.5 Å². The van der Waals surface area contributed by atoms with E-state index in [4.69, 9.17) is 5.73 Å². The normalized spacial score (nSPS) is 17.1. The Bertz CT molecular complexity index is 740. The molecule has 0 fully saturated rings. The van der Waals surface area contributed by atoms with Crippen molar-refractivity contribution in [1.29, 1.82) is 0 Å². The fourth-order valence-electron chi connectivity index (χ4n) is 2.94. The molecule has 3 N–H and O–H groups in total. The minimum atomic E-state index is -0.394. The molecule has 1 aromatic heterocycles. The summed E-state index contributed by atoms with van der Waals surface area (Å²) >= 11 is 0. The van der Waals surface area contributed by atoms with Gasteiger partial charge < -0.3 is 15.6 Å². The number of fused-ring (bicyclic) bond motifs is 1. The number of hydrogen-bond donors (Lipinski definition) is 2. The molecule has 0 saturated heterocycles. The second-order valence-corrected chi connectivity index (χ2v) is 6.15. The van der Waals surface area contributed by atoms with Crippen molar-refractivity contribution in [2.45, 2.75) is 45.2 Å².